The lowest BCUT2D eigenvalue weighted by Gasteiger charge is -2.14. The second kappa shape index (κ2) is 8.33. The Bertz CT molecular complexity index is 715. The average molecular weight is 368 g/mol. The quantitative estimate of drug-likeness (QED) is 0.734. The number of carbonyl (C=O) groups is 2. The molecule has 0 bridgehead atoms. The molecule has 8 heteroatoms. The molecular formula is C17H24N2O5S. The van der Waals surface area contributed by atoms with Crippen molar-refractivity contribution >= 4 is 21.7 Å². The van der Waals surface area contributed by atoms with Gasteiger partial charge in [0.25, 0.3) is 0 Å². The van der Waals surface area contributed by atoms with Crippen LogP contribution in [0.5, 0.6) is 5.75 Å². The monoisotopic (exact) mass is 368 g/mol. The molecule has 2 unspecified atom stereocenters. The second-order valence-corrected chi connectivity index (χ2v) is 8.55. The van der Waals surface area contributed by atoms with Crippen LogP contribution in [0.15, 0.2) is 24.3 Å². The van der Waals surface area contributed by atoms with Crippen molar-refractivity contribution in [2.45, 2.75) is 31.7 Å². The number of rotatable bonds is 7. The highest BCUT2D eigenvalue weighted by atomic mass is 32.2. The molecule has 2 N–H and O–H groups in total. The lowest BCUT2D eigenvalue weighted by atomic mass is 9.97. The zero-order valence-electron chi connectivity index (χ0n) is 14.4. The summed E-state index contributed by atoms with van der Waals surface area (Å²) in [6.07, 6.45) is 0.688. The molecule has 1 aliphatic heterocycles. The maximum Gasteiger partial charge on any atom is 0.239 e. The Morgan fingerprint density at radius 2 is 1.92 bits per heavy atom. The van der Waals surface area contributed by atoms with Crippen LogP contribution in [0.25, 0.3) is 0 Å². The van der Waals surface area contributed by atoms with Crippen molar-refractivity contribution in [2.24, 2.45) is 0 Å². The van der Waals surface area contributed by atoms with Crippen molar-refractivity contribution in [2.75, 3.05) is 25.2 Å². The summed E-state index contributed by atoms with van der Waals surface area (Å²) in [5, 5.41) is 5.22. The Morgan fingerprint density at radius 3 is 2.48 bits per heavy atom. The molecule has 2 amide bonds. The first kappa shape index (κ1) is 19.2. The third-order valence-corrected chi connectivity index (χ3v) is 5.99. The van der Waals surface area contributed by atoms with Crippen LogP contribution in [0.2, 0.25) is 0 Å². The number of hydrogen-bond donors (Lipinski definition) is 2. The van der Waals surface area contributed by atoms with Gasteiger partial charge in [0.1, 0.15) is 5.75 Å². The van der Waals surface area contributed by atoms with Gasteiger partial charge in [-0.25, -0.2) is 8.42 Å². The normalized spacial score (nSPS) is 19.8. The topological polar surface area (TPSA) is 102 Å². The molecule has 1 aromatic carbocycles. The van der Waals surface area contributed by atoms with Crippen LogP contribution in [-0.2, 0) is 19.4 Å². The van der Waals surface area contributed by atoms with Gasteiger partial charge >= 0.3 is 0 Å². The predicted octanol–water partition coefficient (Wildman–Crippen LogP) is 0.608. The summed E-state index contributed by atoms with van der Waals surface area (Å²) in [6.45, 7) is 1.79. The van der Waals surface area contributed by atoms with Crippen molar-refractivity contribution in [1.29, 1.82) is 0 Å². The number of methoxy groups -OCH3 is 1. The van der Waals surface area contributed by atoms with Crippen LogP contribution in [0.4, 0.5) is 0 Å². The smallest absolute Gasteiger partial charge is 0.239 e. The molecule has 0 aliphatic carbocycles. The summed E-state index contributed by atoms with van der Waals surface area (Å²) in [7, 11) is -1.44. The molecule has 25 heavy (non-hydrogen) atoms. The summed E-state index contributed by atoms with van der Waals surface area (Å²) >= 11 is 0. The minimum atomic E-state index is -3.03. The largest absolute Gasteiger partial charge is 0.497 e. The van der Waals surface area contributed by atoms with Gasteiger partial charge in [-0.2, -0.15) is 0 Å². The second-order valence-electron chi connectivity index (χ2n) is 6.32. The van der Waals surface area contributed by atoms with Gasteiger partial charge in [-0.05, 0) is 30.0 Å². The molecular weight excluding hydrogens is 344 g/mol. The lowest BCUT2D eigenvalue weighted by molar-refractivity contribution is -0.126. The Morgan fingerprint density at radius 1 is 1.24 bits per heavy atom. The van der Waals surface area contributed by atoms with E-state index in [4.69, 9.17) is 4.74 Å². The predicted molar refractivity (Wildman–Crippen MR) is 94.2 cm³/mol. The van der Waals surface area contributed by atoms with Crippen molar-refractivity contribution < 1.29 is 22.7 Å². The zero-order chi connectivity index (χ0) is 18.4. The van der Waals surface area contributed by atoms with E-state index in [0.29, 0.717) is 6.42 Å². The number of hydrogen-bond acceptors (Lipinski definition) is 5. The highest BCUT2D eigenvalue weighted by Crippen LogP contribution is 2.21. The molecule has 0 aromatic heterocycles. The summed E-state index contributed by atoms with van der Waals surface area (Å²) in [6, 6.07) is 7.14. The van der Waals surface area contributed by atoms with E-state index >= 15 is 0 Å². The van der Waals surface area contributed by atoms with E-state index in [1.165, 1.54) is 0 Å². The number of sulfone groups is 1. The maximum absolute atomic E-state index is 12.0. The number of carbonyl (C=O) groups excluding carboxylic acids is 2. The van der Waals surface area contributed by atoms with E-state index in [1.54, 1.807) is 7.11 Å². The van der Waals surface area contributed by atoms with Crippen LogP contribution in [0, 0.1) is 0 Å². The van der Waals surface area contributed by atoms with E-state index in [9.17, 15) is 18.0 Å². The van der Waals surface area contributed by atoms with Crippen molar-refractivity contribution in [1.82, 2.24) is 10.6 Å². The van der Waals surface area contributed by atoms with Crippen LogP contribution >= 0.6 is 0 Å². The molecule has 7 nitrogen and oxygen atoms in total. The van der Waals surface area contributed by atoms with Gasteiger partial charge in [0.2, 0.25) is 11.8 Å². The van der Waals surface area contributed by atoms with Gasteiger partial charge < -0.3 is 15.4 Å². The van der Waals surface area contributed by atoms with Gasteiger partial charge in [0.05, 0.1) is 25.2 Å². The molecule has 1 aliphatic rings. The SMILES string of the molecule is COc1ccc(C(C)CC(=O)NCC(=O)NC2CCS(=O)(=O)C2)cc1. The van der Waals surface area contributed by atoms with Gasteiger partial charge in [0.15, 0.2) is 9.84 Å². The Balaban J connectivity index is 1.73. The maximum atomic E-state index is 12.0. The molecule has 0 radical (unpaired) electrons. The van der Waals surface area contributed by atoms with E-state index in [2.05, 4.69) is 10.6 Å². The van der Waals surface area contributed by atoms with Crippen molar-refractivity contribution in [3.8, 4) is 5.75 Å². The van der Waals surface area contributed by atoms with Gasteiger partial charge in [-0.15, -0.1) is 0 Å². The molecule has 2 rings (SSSR count). The standard InChI is InChI=1S/C17H24N2O5S/c1-12(13-3-5-15(24-2)6-4-13)9-16(20)18-10-17(21)19-14-7-8-25(22,23)11-14/h3-6,12,14H,7-11H2,1-2H3,(H,18,20)(H,19,21). The van der Waals surface area contributed by atoms with E-state index in [0.717, 1.165) is 11.3 Å². The van der Waals surface area contributed by atoms with Gasteiger partial charge in [0, 0.05) is 12.5 Å². The Kier molecular flexibility index (Phi) is 6.41. The molecule has 138 valence electrons. The Labute approximate surface area is 148 Å². The fourth-order valence-corrected chi connectivity index (χ4v) is 4.44. The number of ether oxygens (including phenoxy) is 1. The summed E-state index contributed by atoms with van der Waals surface area (Å²) in [4.78, 5) is 23.8. The number of benzene rings is 1. The Hall–Kier alpha value is -2.09. The number of nitrogens with one attached hydrogen (secondary N) is 2. The summed E-state index contributed by atoms with van der Waals surface area (Å²) < 4.78 is 27.8. The third kappa shape index (κ3) is 6.04. The van der Waals surface area contributed by atoms with E-state index in [1.807, 2.05) is 31.2 Å². The zero-order valence-corrected chi connectivity index (χ0v) is 15.3. The van der Waals surface area contributed by atoms with Crippen LogP contribution < -0.4 is 15.4 Å². The highest BCUT2D eigenvalue weighted by molar-refractivity contribution is 7.91. The first-order valence-corrected chi connectivity index (χ1v) is 10.0. The molecule has 1 saturated heterocycles. The first-order chi connectivity index (χ1) is 11.8. The summed E-state index contributed by atoms with van der Waals surface area (Å²) in [5.41, 5.74) is 1.01. The minimum absolute atomic E-state index is 0.00828. The van der Waals surface area contributed by atoms with Crippen LogP contribution in [0.3, 0.4) is 0 Å². The molecule has 0 spiro atoms. The minimum Gasteiger partial charge on any atom is -0.497 e. The van der Waals surface area contributed by atoms with Gasteiger partial charge in [-0.1, -0.05) is 19.1 Å². The first-order valence-electron chi connectivity index (χ1n) is 8.19. The van der Waals surface area contributed by atoms with Gasteiger partial charge in [-0.3, -0.25) is 9.59 Å². The van der Waals surface area contributed by atoms with E-state index in [-0.39, 0.29) is 48.2 Å². The lowest BCUT2D eigenvalue weighted by Crippen LogP contribution is -2.42. The van der Waals surface area contributed by atoms with Crippen molar-refractivity contribution in [3.05, 3.63) is 29.8 Å². The molecule has 0 saturated carbocycles. The molecule has 2 atom stereocenters. The number of amides is 2. The van der Waals surface area contributed by atoms with Crippen molar-refractivity contribution in [3.63, 3.8) is 0 Å². The molecule has 1 aromatic rings. The van der Waals surface area contributed by atoms with E-state index < -0.39 is 9.84 Å². The summed E-state index contributed by atoms with van der Waals surface area (Å²) in [5.74, 6) is 0.246. The average Bonchev–Trinajstić information content (AvgIpc) is 2.91. The third-order valence-electron chi connectivity index (χ3n) is 4.22. The fourth-order valence-electron chi connectivity index (χ4n) is 2.77. The highest BCUT2D eigenvalue weighted by Gasteiger charge is 2.28. The molecule has 1 heterocycles. The van der Waals surface area contributed by atoms with Crippen LogP contribution in [0.1, 0.15) is 31.2 Å². The fraction of sp³-hybridized carbons (Fsp3) is 0.529. The van der Waals surface area contributed by atoms with Crippen LogP contribution in [-0.4, -0.2) is 51.4 Å². The molecule has 1 fully saturated rings.